The van der Waals surface area contributed by atoms with E-state index in [1.165, 1.54) is 6.42 Å². The Kier molecular flexibility index (Phi) is 4.28. The lowest BCUT2D eigenvalue weighted by Gasteiger charge is -2.31. The second-order valence-electron chi connectivity index (χ2n) is 4.36. The van der Waals surface area contributed by atoms with E-state index in [4.69, 9.17) is 28.5 Å². The number of likely N-dealkylation sites (tertiary alicyclic amines) is 1. The van der Waals surface area contributed by atoms with Gasteiger partial charge in [-0.15, -0.1) is 0 Å². The quantitative estimate of drug-likeness (QED) is 0.814. The predicted octanol–water partition coefficient (Wildman–Crippen LogP) is 3.87. The first kappa shape index (κ1) is 12.7. The van der Waals surface area contributed by atoms with Crippen molar-refractivity contribution in [1.29, 1.82) is 5.26 Å². The highest BCUT2D eigenvalue weighted by molar-refractivity contribution is 6.42. The Morgan fingerprint density at radius 1 is 1.29 bits per heavy atom. The summed E-state index contributed by atoms with van der Waals surface area (Å²) in [5.41, 5.74) is 1.11. The van der Waals surface area contributed by atoms with Crippen LogP contribution in [0.25, 0.3) is 0 Å². The Hall–Kier alpha value is -0.750. The Morgan fingerprint density at radius 2 is 2.12 bits per heavy atom. The van der Waals surface area contributed by atoms with Crippen molar-refractivity contribution in [3.8, 4) is 6.07 Å². The molecule has 2 rings (SSSR count). The van der Waals surface area contributed by atoms with Crippen LogP contribution in [0.2, 0.25) is 10.0 Å². The minimum Gasteiger partial charge on any atom is -0.284 e. The molecule has 0 spiro atoms. The highest BCUT2D eigenvalue weighted by Crippen LogP contribution is 2.25. The van der Waals surface area contributed by atoms with Crippen LogP contribution in [0.4, 0.5) is 0 Å². The van der Waals surface area contributed by atoms with Gasteiger partial charge in [-0.25, -0.2) is 0 Å². The Bertz CT molecular complexity index is 440. The number of nitriles is 1. The third-order valence-corrected chi connectivity index (χ3v) is 3.87. The summed E-state index contributed by atoms with van der Waals surface area (Å²) in [5.74, 6) is 0. The van der Waals surface area contributed by atoms with Gasteiger partial charge in [-0.2, -0.15) is 5.26 Å². The molecule has 17 heavy (non-hydrogen) atoms. The van der Waals surface area contributed by atoms with E-state index in [0.717, 1.165) is 31.5 Å². The molecule has 0 saturated carbocycles. The lowest BCUT2D eigenvalue weighted by atomic mass is 10.0. The molecule has 1 saturated heterocycles. The third-order valence-electron chi connectivity index (χ3n) is 3.13. The smallest absolute Gasteiger partial charge is 0.0980 e. The normalized spacial score (nSPS) is 21.1. The third kappa shape index (κ3) is 3.13. The van der Waals surface area contributed by atoms with Crippen molar-refractivity contribution >= 4 is 23.2 Å². The van der Waals surface area contributed by atoms with E-state index in [0.29, 0.717) is 10.0 Å². The molecule has 1 unspecified atom stereocenters. The van der Waals surface area contributed by atoms with Crippen molar-refractivity contribution in [3.05, 3.63) is 33.8 Å². The van der Waals surface area contributed by atoms with E-state index in [1.807, 2.05) is 18.2 Å². The van der Waals surface area contributed by atoms with Gasteiger partial charge in [-0.3, -0.25) is 4.90 Å². The second-order valence-corrected chi connectivity index (χ2v) is 5.17. The van der Waals surface area contributed by atoms with Crippen LogP contribution in [0.15, 0.2) is 18.2 Å². The van der Waals surface area contributed by atoms with Crippen molar-refractivity contribution in [3.63, 3.8) is 0 Å². The van der Waals surface area contributed by atoms with Gasteiger partial charge in [0, 0.05) is 6.54 Å². The molecule has 90 valence electrons. The van der Waals surface area contributed by atoms with Gasteiger partial charge < -0.3 is 0 Å². The standard InChI is InChI=1S/C13H14Cl2N2/c14-12-5-4-10(7-13(12)15)9-17-6-2-1-3-11(17)8-16/h4-5,7,11H,1-3,6,9H2. The largest absolute Gasteiger partial charge is 0.284 e. The van der Waals surface area contributed by atoms with Crippen LogP contribution in [-0.4, -0.2) is 17.5 Å². The zero-order chi connectivity index (χ0) is 12.3. The maximum atomic E-state index is 9.10. The molecule has 1 fully saturated rings. The molecule has 0 radical (unpaired) electrons. The van der Waals surface area contributed by atoms with Crippen molar-refractivity contribution < 1.29 is 0 Å². The average molecular weight is 269 g/mol. The van der Waals surface area contributed by atoms with Gasteiger partial charge in [0.25, 0.3) is 0 Å². The molecule has 0 amide bonds. The second kappa shape index (κ2) is 5.73. The fourth-order valence-electron chi connectivity index (χ4n) is 2.20. The van der Waals surface area contributed by atoms with Crippen LogP contribution in [0, 0.1) is 11.3 Å². The first-order chi connectivity index (χ1) is 8.20. The summed E-state index contributed by atoms with van der Waals surface area (Å²) < 4.78 is 0. The van der Waals surface area contributed by atoms with Crippen molar-refractivity contribution in [2.45, 2.75) is 31.8 Å². The first-order valence-electron chi connectivity index (χ1n) is 5.78. The molecule has 1 heterocycles. The van der Waals surface area contributed by atoms with Crippen LogP contribution in [0.1, 0.15) is 24.8 Å². The Labute approximate surface area is 112 Å². The number of nitrogens with zero attached hydrogens (tertiary/aromatic N) is 2. The van der Waals surface area contributed by atoms with Crippen molar-refractivity contribution in [1.82, 2.24) is 4.90 Å². The topological polar surface area (TPSA) is 27.0 Å². The van der Waals surface area contributed by atoms with Gasteiger partial charge in [0.1, 0.15) is 0 Å². The van der Waals surface area contributed by atoms with Crippen LogP contribution < -0.4 is 0 Å². The zero-order valence-electron chi connectivity index (χ0n) is 9.50. The minimum absolute atomic E-state index is 0.0400. The molecule has 1 aromatic rings. The average Bonchev–Trinajstić information content (AvgIpc) is 2.34. The summed E-state index contributed by atoms with van der Waals surface area (Å²) >= 11 is 11.9. The van der Waals surface area contributed by atoms with Crippen LogP contribution in [-0.2, 0) is 6.54 Å². The van der Waals surface area contributed by atoms with Crippen molar-refractivity contribution in [2.75, 3.05) is 6.54 Å². The highest BCUT2D eigenvalue weighted by Gasteiger charge is 2.21. The maximum Gasteiger partial charge on any atom is 0.0980 e. The van der Waals surface area contributed by atoms with Crippen molar-refractivity contribution in [2.24, 2.45) is 0 Å². The number of piperidine rings is 1. The lowest BCUT2D eigenvalue weighted by molar-refractivity contribution is 0.176. The van der Waals surface area contributed by atoms with E-state index in [2.05, 4.69) is 11.0 Å². The lowest BCUT2D eigenvalue weighted by Crippen LogP contribution is -2.37. The molecular formula is C13H14Cl2N2. The number of rotatable bonds is 2. The van der Waals surface area contributed by atoms with Gasteiger partial charge in [0.2, 0.25) is 0 Å². The highest BCUT2D eigenvalue weighted by atomic mass is 35.5. The molecule has 0 aliphatic carbocycles. The summed E-state index contributed by atoms with van der Waals surface area (Å²) in [6.07, 6.45) is 3.29. The van der Waals surface area contributed by atoms with Gasteiger partial charge >= 0.3 is 0 Å². The molecule has 0 aromatic heterocycles. The molecule has 0 bridgehead atoms. The number of halogens is 2. The number of hydrogen-bond donors (Lipinski definition) is 0. The summed E-state index contributed by atoms with van der Waals surface area (Å²) in [5, 5.41) is 10.3. The van der Waals surface area contributed by atoms with Crippen LogP contribution in [0.5, 0.6) is 0 Å². The van der Waals surface area contributed by atoms with E-state index in [-0.39, 0.29) is 6.04 Å². The molecule has 1 aromatic carbocycles. The maximum absolute atomic E-state index is 9.10. The van der Waals surface area contributed by atoms with Gasteiger partial charge in [-0.05, 0) is 43.5 Å². The molecular weight excluding hydrogens is 255 g/mol. The van der Waals surface area contributed by atoms with E-state index in [1.54, 1.807) is 0 Å². The zero-order valence-corrected chi connectivity index (χ0v) is 11.0. The SMILES string of the molecule is N#CC1CCCCN1Cc1ccc(Cl)c(Cl)c1. The summed E-state index contributed by atoms with van der Waals surface area (Å²) in [7, 11) is 0. The fourth-order valence-corrected chi connectivity index (χ4v) is 2.52. The monoisotopic (exact) mass is 268 g/mol. The number of benzene rings is 1. The molecule has 0 N–H and O–H groups in total. The molecule has 4 heteroatoms. The summed E-state index contributed by atoms with van der Waals surface area (Å²) in [4.78, 5) is 2.21. The van der Waals surface area contributed by atoms with Gasteiger partial charge in [0.05, 0.1) is 22.2 Å². The van der Waals surface area contributed by atoms with Gasteiger partial charge in [-0.1, -0.05) is 29.3 Å². The van der Waals surface area contributed by atoms with E-state index < -0.39 is 0 Å². The van der Waals surface area contributed by atoms with Gasteiger partial charge in [0.15, 0.2) is 0 Å². The minimum atomic E-state index is 0.0400. The van der Waals surface area contributed by atoms with Crippen LogP contribution >= 0.6 is 23.2 Å². The fraction of sp³-hybridized carbons (Fsp3) is 0.462. The molecule has 2 nitrogen and oxygen atoms in total. The summed E-state index contributed by atoms with van der Waals surface area (Å²) in [6.45, 7) is 1.76. The number of hydrogen-bond acceptors (Lipinski definition) is 2. The molecule has 1 atom stereocenters. The van der Waals surface area contributed by atoms with E-state index >= 15 is 0 Å². The molecule has 1 aliphatic heterocycles. The predicted molar refractivity (Wildman–Crippen MR) is 70.1 cm³/mol. The summed E-state index contributed by atoms with van der Waals surface area (Å²) in [6, 6.07) is 8.07. The first-order valence-corrected chi connectivity index (χ1v) is 6.54. The Balaban J connectivity index is 2.09. The van der Waals surface area contributed by atoms with E-state index in [9.17, 15) is 0 Å². The van der Waals surface area contributed by atoms with Crippen LogP contribution in [0.3, 0.4) is 0 Å². The Morgan fingerprint density at radius 3 is 2.82 bits per heavy atom. The molecule has 1 aliphatic rings.